The van der Waals surface area contributed by atoms with E-state index in [0.717, 1.165) is 42.0 Å². The largest absolute Gasteiger partial charge is 0.296 e. The van der Waals surface area contributed by atoms with Crippen LogP contribution in [0.1, 0.15) is 46.3 Å². The maximum absolute atomic E-state index is 12.5. The van der Waals surface area contributed by atoms with Crippen LogP contribution >= 0.6 is 22.7 Å². The Morgan fingerprint density at radius 3 is 2.71 bits per heavy atom. The van der Waals surface area contributed by atoms with Gasteiger partial charge in [0.1, 0.15) is 5.01 Å². The molecule has 0 bridgehead atoms. The number of nitrogens with one attached hydrogen (secondary N) is 1. The van der Waals surface area contributed by atoms with Gasteiger partial charge in [-0.3, -0.25) is 10.1 Å². The van der Waals surface area contributed by atoms with Crippen molar-refractivity contribution < 1.29 is 13.2 Å². The fraction of sp³-hybridized carbons (Fsp3) is 0.500. The standard InChI is InChI=1S/C14H16N4O3S3/c19-12(15-14-17-16-13(23-14)9-3-4-9)11-7-10(8-22-11)24(20,21)18-5-1-2-6-18/h7-9H,1-6H2,(H,15,17,19). The van der Waals surface area contributed by atoms with E-state index in [1.165, 1.54) is 27.1 Å². The van der Waals surface area contributed by atoms with Crippen molar-refractivity contribution >= 4 is 43.7 Å². The summed E-state index contributed by atoms with van der Waals surface area (Å²) >= 11 is 2.51. The molecule has 4 rings (SSSR count). The highest BCUT2D eigenvalue weighted by atomic mass is 32.2. The Morgan fingerprint density at radius 2 is 2.00 bits per heavy atom. The third-order valence-corrected chi connectivity index (χ3v) is 8.05. The van der Waals surface area contributed by atoms with Crippen molar-refractivity contribution in [1.82, 2.24) is 14.5 Å². The first-order valence-corrected chi connectivity index (χ1v) is 10.9. The van der Waals surface area contributed by atoms with Gasteiger partial charge in [-0.05, 0) is 31.7 Å². The first-order valence-electron chi connectivity index (χ1n) is 7.77. The Hall–Kier alpha value is -1.36. The van der Waals surface area contributed by atoms with Crippen molar-refractivity contribution in [1.29, 1.82) is 0 Å². The minimum atomic E-state index is -3.48. The number of carbonyl (C=O) groups excluding carboxylic acids is 1. The van der Waals surface area contributed by atoms with Crippen molar-refractivity contribution in [2.45, 2.75) is 36.5 Å². The molecule has 0 radical (unpaired) electrons. The van der Waals surface area contributed by atoms with Crippen LogP contribution < -0.4 is 5.32 Å². The minimum absolute atomic E-state index is 0.190. The molecule has 1 amide bonds. The lowest BCUT2D eigenvalue weighted by Crippen LogP contribution is -2.27. The van der Waals surface area contributed by atoms with E-state index in [1.807, 2.05) is 0 Å². The summed E-state index contributed by atoms with van der Waals surface area (Å²) in [6.07, 6.45) is 4.03. The van der Waals surface area contributed by atoms with Gasteiger partial charge in [0, 0.05) is 24.4 Å². The molecule has 0 aromatic carbocycles. The van der Waals surface area contributed by atoms with Gasteiger partial charge in [-0.2, -0.15) is 4.31 Å². The van der Waals surface area contributed by atoms with Crippen LogP contribution in [0.25, 0.3) is 0 Å². The van der Waals surface area contributed by atoms with Gasteiger partial charge in [0.2, 0.25) is 15.2 Å². The molecule has 1 saturated carbocycles. The second kappa shape index (κ2) is 6.17. The summed E-state index contributed by atoms with van der Waals surface area (Å²) in [6, 6.07) is 1.44. The molecule has 128 valence electrons. The lowest BCUT2D eigenvalue weighted by Gasteiger charge is -2.13. The summed E-state index contributed by atoms with van der Waals surface area (Å²) in [5, 5.41) is 13.7. The Morgan fingerprint density at radius 1 is 1.25 bits per heavy atom. The van der Waals surface area contributed by atoms with Crippen LogP contribution in [0.3, 0.4) is 0 Å². The summed E-state index contributed by atoms with van der Waals surface area (Å²) in [7, 11) is -3.48. The Bertz CT molecular complexity index is 863. The molecule has 2 aliphatic rings. The summed E-state index contributed by atoms with van der Waals surface area (Å²) in [4.78, 5) is 12.8. The fourth-order valence-corrected chi connectivity index (χ4v) is 6.17. The van der Waals surface area contributed by atoms with E-state index in [2.05, 4.69) is 15.5 Å². The highest BCUT2D eigenvalue weighted by Crippen LogP contribution is 2.42. The quantitative estimate of drug-likeness (QED) is 0.855. The lowest BCUT2D eigenvalue weighted by molar-refractivity contribution is 0.103. The van der Waals surface area contributed by atoms with E-state index in [0.29, 0.717) is 29.0 Å². The molecule has 0 spiro atoms. The molecule has 10 heteroatoms. The molecule has 2 aromatic rings. The fourth-order valence-electron chi connectivity index (χ4n) is 2.59. The van der Waals surface area contributed by atoms with Gasteiger partial charge in [-0.1, -0.05) is 11.3 Å². The topological polar surface area (TPSA) is 92.3 Å². The summed E-state index contributed by atoms with van der Waals surface area (Å²) in [6.45, 7) is 1.10. The average Bonchev–Trinajstić information content (AvgIpc) is 3.05. The highest BCUT2D eigenvalue weighted by molar-refractivity contribution is 7.89. The van der Waals surface area contributed by atoms with Gasteiger partial charge >= 0.3 is 0 Å². The van der Waals surface area contributed by atoms with E-state index >= 15 is 0 Å². The molecule has 24 heavy (non-hydrogen) atoms. The van der Waals surface area contributed by atoms with Crippen LogP contribution in [-0.4, -0.2) is 41.9 Å². The van der Waals surface area contributed by atoms with E-state index in [9.17, 15) is 13.2 Å². The van der Waals surface area contributed by atoms with Crippen molar-refractivity contribution in [3.8, 4) is 0 Å². The van der Waals surface area contributed by atoms with Gasteiger partial charge < -0.3 is 0 Å². The SMILES string of the molecule is O=C(Nc1nnc(C2CC2)s1)c1cc(S(=O)(=O)N2CCCC2)cs1. The molecule has 1 aliphatic heterocycles. The zero-order valence-corrected chi connectivity index (χ0v) is 15.2. The van der Waals surface area contributed by atoms with Gasteiger partial charge in [0.25, 0.3) is 5.91 Å². The smallest absolute Gasteiger partial charge is 0.267 e. The van der Waals surface area contributed by atoms with E-state index in [1.54, 1.807) is 0 Å². The molecule has 1 aliphatic carbocycles. The third-order valence-electron chi connectivity index (χ3n) is 4.09. The maximum atomic E-state index is 12.5. The van der Waals surface area contributed by atoms with Gasteiger partial charge in [0.15, 0.2) is 0 Å². The molecular weight excluding hydrogens is 368 g/mol. The van der Waals surface area contributed by atoms with Gasteiger partial charge in [-0.25, -0.2) is 8.42 Å². The zero-order valence-electron chi connectivity index (χ0n) is 12.8. The maximum Gasteiger partial charge on any atom is 0.267 e. The Kier molecular flexibility index (Phi) is 4.15. The van der Waals surface area contributed by atoms with Crippen LogP contribution in [0.4, 0.5) is 5.13 Å². The number of carbonyl (C=O) groups is 1. The van der Waals surface area contributed by atoms with Crippen LogP contribution in [-0.2, 0) is 10.0 Å². The monoisotopic (exact) mass is 384 g/mol. The first kappa shape index (κ1) is 16.1. The van der Waals surface area contributed by atoms with Gasteiger partial charge in [-0.15, -0.1) is 21.5 Å². The molecule has 0 unspecified atom stereocenters. The summed E-state index contributed by atoms with van der Waals surface area (Å²) < 4.78 is 26.5. The zero-order chi connectivity index (χ0) is 16.7. The number of anilines is 1. The molecule has 2 fully saturated rings. The van der Waals surface area contributed by atoms with Crippen molar-refractivity contribution in [2.75, 3.05) is 18.4 Å². The number of nitrogens with zero attached hydrogens (tertiary/aromatic N) is 3. The molecular formula is C14H16N4O3S3. The van der Waals surface area contributed by atoms with Crippen LogP contribution in [0.2, 0.25) is 0 Å². The van der Waals surface area contributed by atoms with Crippen molar-refractivity contribution in [3.05, 3.63) is 21.3 Å². The molecule has 1 saturated heterocycles. The average molecular weight is 385 g/mol. The lowest BCUT2D eigenvalue weighted by atomic mass is 10.4. The van der Waals surface area contributed by atoms with E-state index in [-0.39, 0.29) is 10.8 Å². The Balaban J connectivity index is 1.48. The highest BCUT2D eigenvalue weighted by Gasteiger charge is 2.30. The molecule has 0 atom stereocenters. The number of amides is 1. The predicted molar refractivity (Wildman–Crippen MR) is 92.1 cm³/mol. The number of rotatable bonds is 5. The minimum Gasteiger partial charge on any atom is -0.296 e. The van der Waals surface area contributed by atoms with Gasteiger partial charge in [0.05, 0.1) is 9.77 Å². The van der Waals surface area contributed by atoms with E-state index in [4.69, 9.17) is 0 Å². The Labute approximate surface area is 147 Å². The second-order valence-corrected chi connectivity index (χ2v) is 9.79. The number of sulfonamides is 1. The molecule has 2 aromatic heterocycles. The van der Waals surface area contributed by atoms with E-state index < -0.39 is 10.0 Å². The molecule has 7 nitrogen and oxygen atoms in total. The predicted octanol–water partition coefficient (Wildman–Crippen LogP) is 2.51. The number of aromatic nitrogens is 2. The normalized spacial score (nSPS) is 18.8. The van der Waals surface area contributed by atoms with Crippen LogP contribution in [0.15, 0.2) is 16.3 Å². The number of hydrogen-bond donors (Lipinski definition) is 1. The third kappa shape index (κ3) is 3.10. The summed E-state index contributed by atoms with van der Waals surface area (Å²) in [5.74, 6) is 0.147. The number of thiophene rings is 1. The van der Waals surface area contributed by atoms with Crippen LogP contribution in [0, 0.1) is 0 Å². The second-order valence-electron chi connectivity index (χ2n) is 5.93. The number of hydrogen-bond acceptors (Lipinski definition) is 7. The first-order chi connectivity index (χ1) is 11.5. The summed E-state index contributed by atoms with van der Waals surface area (Å²) in [5.41, 5.74) is 0. The van der Waals surface area contributed by atoms with Crippen LogP contribution in [0.5, 0.6) is 0 Å². The molecule has 1 N–H and O–H groups in total. The molecule has 3 heterocycles. The van der Waals surface area contributed by atoms with Crippen molar-refractivity contribution in [2.24, 2.45) is 0 Å². The van der Waals surface area contributed by atoms with Crippen molar-refractivity contribution in [3.63, 3.8) is 0 Å².